The van der Waals surface area contributed by atoms with Crippen molar-refractivity contribution in [3.05, 3.63) is 24.3 Å². The standard InChI is InChI=1S/C14H19N3O/c1-14(9-15-2)7-8-17(10-14)13-16-11-5-3-4-6-12(11)18-13/h3-6,15H,7-10H2,1-2H3. The van der Waals surface area contributed by atoms with E-state index in [1.54, 1.807) is 0 Å². The molecular weight excluding hydrogens is 226 g/mol. The van der Waals surface area contributed by atoms with Gasteiger partial charge in [-0.05, 0) is 31.0 Å². The fourth-order valence-corrected chi connectivity index (χ4v) is 2.75. The van der Waals surface area contributed by atoms with Crippen LogP contribution in [0.3, 0.4) is 0 Å². The summed E-state index contributed by atoms with van der Waals surface area (Å²) in [5, 5.41) is 3.27. The van der Waals surface area contributed by atoms with Crippen molar-refractivity contribution in [1.82, 2.24) is 10.3 Å². The molecule has 0 amide bonds. The summed E-state index contributed by atoms with van der Waals surface area (Å²) in [6.45, 7) is 5.36. The first kappa shape index (κ1) is 11.5. The maximum Gasteiger partial charge on any atom is 0.298 e. The van der Waals surface area contributed by atoms with Gasteiger partial charge in [-0.2, -0.15) is 4.98 Å². The molecule has 1 aliphatic rings. The average Bonchev–Trinajstić information content (AvgIpc) is 2.93. The smallest absolute Gasteiger partial charge is 0.298 e. The molecule has 0 radical (unpaired) electrons. The van der Waals surface area contributed by atoms with Crippen molar-refractivity contribution in [3.63, 3.8) is 0 Å². The molecule has 4 nitrogen and oxygen atoms in total. The van der Waals surface area contributed by atoms with Crippen molar-refractivity contribution >= 4 is 17.1 Å². The van der Waals surface area contributed by atoms with Crippen molar-refractivity contribution in [3.8, 4) is 0 Å². The van der Waals surface area contributed by atoms with E-state index >= 15 is 0 Å². The van der Waals surface area contributed by atoms with E-state index in [-0.39, 0.29) is 0 Å². The third-order valence-electron chi connectivity index (χ3n) is 3.71. The van der Waals surface area contributed by atoms with Gasteiger partial charge in [-0.15, -0.1) is 0 Å². The molecule has 0 saturated carbocycles. The zero-order chi connectivity index (χ0) is 12.6. The second kappa shape index (κ2) is 4.28. The molecule has 1 saturated heterocycles. The van der Waals surface area contributed by atoms with Crippen LogP contribution in [0, 0.1) is 5.41 Å². The Kier molecular flexibility index (Phi) is 2.74. The summed E-state index contributed by atoms with van der Waals surface area (Å²) in [4.78, 5) is 6.81. The highest BCUT2D eigenvalue weighted by atomic mass is 16.4. The quantitative estimate of drug-likeness (QED) is 0.900. The number of hydrogen-bond donors (Lipinski definition) is 1. The van der Waals surface area contributed by atoms with Crippen LogP contribution in [0.1, 0.15) is 13.3 Å². The lowest BCUT2D eigenvalue weighted by molar-refractivity contribution is 0.354. The monoisotopic (exact) mass is 245 g/mol. The van der Waals surface area contributed by atoms with Crippen molar-refractivity contribution in [2.45, 2.75) is 13.3 Å². The fourth-order valence-electron chi connectivity index (χ4n) is 2.75. The highest BCUT2D eigenvalue weighted by Crippen LogP contribution is 2.33. The summed E-state index contributed by atoms with van der Waals surface area (Å²) >= 11 is 0. The highest BCUT2D eigenvalue weighted by Gasteiger charge is 2.35. The number of oxazole rings is 1. The van der Waals surface area contributed by atoms with Gasteiger partial charge in [0.2, 0.25) is 0 Å². The fraction of sp³-hybridized carbons (Fsp3) is 0.500. The number of nitrogens with one attached hydrogen (secondary N) is 1. The van der Waals surface area contributed by atoms with E-state index in [9.17, 15) is 0 Å². The number of hydrogen-bond acceptors (Lipinski definition) is 4. The van der Waals surface area contributed by atoms with Gasteiger partial charge in [0.15, 0.2) is 5.58 Å². The molecule has 3 rings (SSSR count). The Hall–Kier alpha value is -1.55. The van der Waals surface area contributed by atoms with Gasteiger partial charge in [0.25, 0.3) is 6.01 Å². The van der Waals surface area contributed by atoms with Crippen LogP contribution >= 0.6 is 0 Å². The molecule has 4 heteroatoms. The van der Waals surface area contributed by atoms with E-state index in [4.69, 9.17) is 4.42 Å². The van der Waals surface area contributed by atoms with E-state index in [2.05, 4.69) is 22.1 Å². The first-order chi connectivity index (χ1) is 8.70. The minimum atomic E-state index is 0.315. The Balaban J connectivity index is 1.84. The molecule has 1 atom stereocenters. The lowest BCUT2D eigenvalue weighted by Gasteiger charge is -2.23. The van der Waals surface area contributed by atoms with Crippen LogP contribution in [0.25, 0.3) is 11.1 Å². The maximum atomic E-state index is 5.82. The van der Waals surface area contributed by atoms with Crippen LogP contribution in [0.15, 0.2) is 28.7 Å². The molecule has 1 aliphatic heterocycles. The van der Waals surface area contributed by atoms with E-state index in [0.717, 1.165) is 36.7 Å². The minimum Gasteiger partial charge on any atom is -0.423 e. The van der Waals surface area contributed by atoms with Gasteiger partial charge in [0.05, 0.1) is 0 Å². The number of fused-ring (bicyclic) bond motifs is 1. The van der Waals surface area contributed by atoms with Gasteiger partial charge in [-0.25, -0.2) is 0 Å². The Labute approximate surface area is 107 Å². The van der Waals surface area contributed by atoms with Crippen LogP contribution < -0.4 is 10.2 Å². The Morgan fingerprint density at radius 3 is 3.06 bits per heavy atom. The molecule has 0 bridgehead atoms. The van der Waals surface area contributed by atoms with Gasteiger partial charge >= 0.3 is 0 Å². The minimum absolute atomic E-state index is 0.315. The Morgan fingerprint density at radius 1 is 1.44 bits per heavy atom. The van der Waals surface area contributed by atoms with Crippen molar-refractivity contribution in [2.24, 2.45) is 5.41 Å². The SMILES string of the molecule is CNCC1(C)CCN(c2nc3ccccc3o2)C1. The number of rotatable bonds is 3. The second-order valence-electron chi connectivity index (χ2n) is 5.48. The topological polar surface area (TPSA) is 41.3 Å². The van der Waals surface area contributed by atoms with Gasteiger partial charge < -0.3 is 14.6 Å². The van der Waals surface area contributed by atoms with E-state index in [0.29, 0.717) is 5.41 Å². The van der Waals surface area contributed by atoms with Gasteiger partial charge in [-0.3, -0.25) is 0 Å². The summed E-state index contributed by atoms with van der Waals surface area (Å²) in [7, 11) is 2.01. The number of anilines is 1. The summed E-state index contributed by atoms with van der Waals surface area (Å²) in [6, 6.07) is 8.69. The molecule has 2 aromatic rings. The zero-order valence-electron chi connectivity index (χ0n) is 10.9. The van der Waals surface area contributed by atoms with Crippen LogP contribution in [-0.2, 0) is 0 Å². The molecule has 96 valence electrons. The normalized spacial score (nSPS) is 24.0. The van der Waals surface area contributed by atoms with E-state index in [1.807, 2.05) is 31.3 Å². The third kappa shape index (κ3) is 1.97. The molecule has 1 fully saturated rings. The first-order valence-electron chi connectivity index (χ1n) is 6.45. The molecule has 0 spiro atoms. The predicted octanol–water partition coefficient (Wildman–Crippen LogP) is 2.26. The maximum absolute atomic E-state index is 5.82. The van der Waals surface area contributed by atoms with Gasteiger partial charge in [0, 0.05) is 19.6 Å². The molecule has 1 aromatic heterocycles. The largest absolute Gasteiger partial charge is 0.423 e. The summed E-state index contributed by atoms with van der Waals surface area (Å²) in [5.74, 6) is 0. The zero-order valence-corrected chi connectivity index (χ0v) is 10.9. The summed E-state index contributed by atoms with van der Waals surface area (Å²) in [6.07, 6.45) is 1.17. The van der Waals surface area contributed by atoms with E-state index in [1.165, 1.54) is 6.42 Å². The van der Waals surface area contributed by atoms with Gasteiger partial charge in [0.1, 0.15) is 5.52 Å². The summed E-state index contributed by atoms with van der Waals surface area (Å²) < 4.78 is 5.82. The second-order valence-corrected chi connectivity index (χ2v) is 5.48. The number of benzene rings is 1. The summed E-state index contributed by atoms with van der Waals surface area (Å²) in [5.41, 5.74) is 2.12. The molecule has 18 heavy (non-hydrogen) atoms. The Bertz CT molecular complexity index is 518. The van der Waals surface area contributed by atoms with E-state index < -0.39 is 0 Å². The molecule has 1 unspecified atom stereocenters. The van der Waals surface area contributed by atoms with Crippen LogP contribution in [-0.4, -0.2) is 31.7 Å². The van der Waals surface area contributed by atoms with Gasteiger partial charge in [-0.1, -0.05) is 19.1 Å². The molecule has 1 N–H and O–H groups in total. The molecule has 0 aliphatic carbocycles. The lowest BCUT2D eigenvalue weighted by Crippen LogP contribution is -2.33. The van der Waals surface area contributed by atoms with Crippen LogP contribution in [0.5, 0.6) is 0 Å². The molecule has 1 aromatic carbocycles. The number of nitrogens with zero attached hydrogens (tertiary/aromatic N) is 2. The van der Waals surface area contributed by atoms with Crippen LogP contribution in [0.4, 0.5) is 6.01 Å². The lowest BCUT2D eigenvalue weighted by atomic mass is 9.90. The number of para-hydroxylation sites is 2. The number of aromatic nitrogens is 1. The molecular formula is C14H19N3O. The van der Waals surface area contributed by atoms with Crippen molar-refractivity contribution in [1.29, 1.82) is 0 Å². The van der Waals surface area contributed by atoms with Crippen molar-refractivity contribution in [2.75, 3.05) is 31.6 Å². The average molecular weight is 245 g/mol. The Morgan fingerprint density at radius 2 is 2.28 bits per heavy atom. The third-order valence-corrected chi connectivity index (χ3v) is 3.71. The first-order valence-corrected chi connectivity index (χ1v) is 6.45. The highest BCUT2D eigenvalue weighted by molar-refractivity contribution is 5.74. The van der Waals surface area contributed by atoms with Crippen LogP contribution in [0.2, 0.25) is 0 Å². The molecule has 2 heterocycles. The van der Waals surface area contributed by atoms with Crippen molar-refractivity contribution < 1.29 is 4.42 Å². The predicted molar refractivity (Wildman–Crippen MR) is 72.9 cm³/mol.